The summed E-state index contributed by atoms with van der Waals surface area (Å²) in [5.41, 5.74) is -0.496. The van der Waals surface area contributed by atoms with Crippen LogP contribution in [0.3, 0.4) is 0 Å². The zero-order valence-electron chi connectivity index (χ0n) is 15.0. The molecule has 1 N–H and O–H groups in total. The van der Waals surface area contributed by atoms with E-state index in [0.717, 1.165) is 43.3 Å². The van der Waals surface area contributed by atoms with Crippen molar-refractivity contribution in [3.05, 3.63) is 12.2 Å². The standard InChI is InChI=1S/C19H32O4/c1-5-12-19(4,23-18(22)11-10-17(20)21)13-15-6-8-16(9-7-15)14(2)3/h10-11,14-16H,5-9,12-13H2,1-4H3,(H,20,21)/b11-10+. The summed E-state index contributed by atoms with van der Waals surface area (Å²) < 4.78 is 5.62. The van der Waals surface area contributed by atoms with Crippen molar-refractivity contribution in [2.24, 2.45) is 17.8 Å². The first-order chi connectivity index (χ1) is 10.8. The van der Waals surface area contributed by atoms with Crippen LogP contribution in [0, 0.1) is 17.8 Å². The van der Waals surface area contributed by atoms with E-state index < -0.39 is 17.5 Å². The summed E-state index contributed by atoms with van der Waals surface area (Å²) in [6.45, 7) is 8.65. The number of carbonyl (C=O) groups excluding carboxylic acids is 1. The van der Waals surface area contributed by atoms with Gasteiger partial charge in [-0.05, 0) is 50.4 Å². The minimum atomic E-state index is -1.13. The molecule has 1 aliphatic rings. The van der Waals surface area contributed by atoms with E-state index in [2.05, 4.69) is 20.8 Å². The smallest absolute Gasteiger partial charge is 0.331 e. The molecule has 1 unspecified atom stereocenters. The van der Waals surface area contributed by atoms with Crippen LogP contribution in [0.4, 0.5) is 0 Å². The van der Waals surface area contributed by atoms with E-state index in [1.807, 2.05) is 6.92 Å². The third-order valence-corrected chi connectivity index (χ3v) is 5.04. The molecule has 0 spiro atoms. The Kier molecular flexibility index (Phi) is 7.80. The molecule has 4 nitrogen and oxygen atoms in total. The van der Waals surface area contributed by atoms with Crippen molar-refractivity contribution in [1.82, 2.24) is 0 Å². The van der Waals surface area contributed by atoms with Gasteiger partial charge in [-0.2, -0.15) is 0 Å². The minimum absolute atomic E-state index is 0.496. The van der Waals surface area contributed by atoms with Gasteiger partial charge in [-0.1, -0.05) is 40.0 Å². The molecule has 132 valence electrons. The molecule has 0 bridgehead atoms. The predicted octanol–water partition coefficient (Wildman–Crippen LogP) is 4.58. The Morgan fingerprint density at radius 1 is 1.22 bits per heavy atom. The summed E-state index contributed by atoms with van der Waals surface area (Å²) in [6, 6.07) is 0. The Morgan fingerprint density at radius 2 is 1.83 bits per heavy atom. The largest absolute Gasteiger partial charge is 0.478 e. The van der Waals surface area contributed by atoms with Crippen molar-refractivity contribution in [3.8, 4) is 0 Å². The van der Waals surface area contributed by atoms with Crippen LogP contribution in [0.25, 0.3) is 0 Å². The molecule has 1 fully saturated rings. The highest BCUT2D eigenvalue weighted by Gasteiger charge is 2.33. The van der Waals surface area contributed by atoms with Gasteiger partial charge in [0, 0.05) is 12.2 Å². The summed E-state index contributed by atoms with van der Waals surface area (Å²) in [6.07, 6.45) is 9.38. The zero-order chi connectivity index (χ0) is 17.5. The van der Waals surface area contributed by atoms with Crippen LogP contribution in [0.1, 0.15) is 72.6 Å². The maximum atomic E-state index is 11.8. The second-order valence-electron chi connectivity index (χ2n) is 7.52. The highest BCUT2D eigenvalue weighted by Crippen LogP contribution is 2.38. The molecule has 1 atom stereocenters. The number of ether oxygens (including phenoxy) is 1. The normalized spacial score (nSPS) is 24.6. The lowest BCUT2D eigenvalue weighted by molar-refractivity contribution is -0.155. The average molecular weight is 324 g/mol. The van der Waals surface area contributed by atoms with Crippen LogP contribution in [0.5, 0.6) is 0 Å². The van der Waals surface area contributed by atoms with E-state index >= 15 is 0 Å². The molecular weight excluding hydrogens is 292 g/mol. The number of rotatable bonds is 8. The summed E-state index contributed by atoms with van der Waals surface area (Å²) >= 11 is 0. The average Bonchev–Trinajstić information content (AvgIpc) is 2.45. The molecule has 0 amide bonds. The molecule has 0 radical (unpaired) electrons. The Morgan fingerprint density at radius 3 is 2.30 bits per heavy atom. The van der Waals surface area contributed by atoms with Gasteiger partial charge in [0.1, 0.15) is 5.60 Å². The van der Waals surface area contributed by atoms with Crippen molar-refractivity contribution in [3.63, 3.8) is 0 Å². The third kappa shape index (κ3) is 7.19. The molecule has 0 heterocycles. The van der Waals surface area contributed by atoms with Gasteiger partial charge in [0.15, 0.2) is 0 Å². The van der Waals surface area contributed by atoms with E-state index in [9.17, 15) is 9.59 Å². The van der Waals surface area contributed by atoms with Crippen LogP contribution in [0.2, 0.25) is 0 Å². The van der Waals surface area contributed by atoms with Gasteiger partial charge in [0.25, 0.3) is 0 Å². The van der Waals surface area contributed by atoms with Gasteiger partial charge >= 0.3 is 11.9 Å². The second kappa shape index (κ2) is 9.09. The first kappa shape index (κ1) is 19.7. The van der Waals surface area contributed by atoms with E-state index in [4.69, 9.17) is 9.84 Å². The molecule has 4 heteroatoms. The van der Waals surface area contributed by atoms with Crippen LogP contribution >= 0.6 is 0 Å². The quantitative estimate of drug-likeness (QED) is 0.524. The SMILES string of the molecule is CCCC(C)(CC1CCC(C(C)C)CC1)OC(=O)/C=C/C(=O)O. The molecule has 1 aliphatic carbocycles. The number of hydrogen-bond acceptors (Lipinski definition) is 3. The predicted molar refractivity (Wildman–Crippen MR) is 91.1 cm³/mol. The van der Waals surface area contributed by atoms with Gasteiger partial charge in [-0.25, -0.2) is 9.59 Å². The Hall–Kier alpha value is -1.32. The van der Waals surface area contributed by atoms with Gasteiger partial charge in [0.2, 0.25) is 0 Å². The maximum absolute atomic E-state index is 11.8. The molecule has 1 rings (SSSR count). The number of carbonyl (C=O) groups is 2. The third-order valence-electron chi connectivity index (χ3n) is 5.04. The summed E-state index contributed by atoms with van der Waals surface area (Å²) in [5.74, 6) is 0.477. The first-order valence-electron chi connectivity index (χ1n) is 8.89. The van der Waals surface area contributed by atoms with E-state index in [1.54, 1.807) is 0 Å². The van der Waals surface area contributed by atoms with Crippen molar-refractivity contribution < 1.29 is 19.4 Å². The summed E-state index contributed by atoms with van der Waals surface area (Å²) in [5, 5.41) is 8.60. The lowest BCUT2D eigenvalue weighted by atomic mass is 9.73. The number of hydrogen-bond donors (Lipinski definition) is 1. The number of aliphatic carboxylic acids is 1. The molecule has 0 saturated heterocycles. The molecule has 0 aliphatic heterocycles. The molecule has 0 aromatic rings. The molecular formula is C19H32O4. The van der Waals surface area contributed by atoms with Crippen molar-refractivity contribution >= 4 is 11.9 Å². The summed E-state index contributed by atoms with van der Waals surface area (Å²) in [4.78, 5) is 22.4. The molecule has 1 saturated carbocycles. The highest BCUT2D eigenvalue weighted by atomic mass is 16.6. The number of carboxylic acids is 1. The van der Waals surface area contributed by atoms with Crippen LogP contribution in [-0.4, -0.2) is 22.6 Å². The monoisotopic (exact) mass is 324 g/mol. The van der Waals surface area contributed by atoms with E-state index in [0.29, 0.717) is 5.92 Å². The number of esters is 1. The first-order valence-corrected chi connectivity index (χ1v) is 8.89. The lowest BCUT2D eigenvalue weighted by Gasteiger charge is -2.37. The van der Waals surface area contributed by atoms with Crippen LogP contribution in [-0.2, 0) is 14.3 Å². The Balaban J connectivity index is 2.59. The van der Waals surface area contributed by atoms with Gasteiger partial charge in [0.05, 0.1) is 0 Å². The van der Waals surface area contributed by atoms with Crippen LogP contribution in [0.15, 0.2) is 12.2 Å². The Labute approximate surface area is 140 Å². The van der Waals surface area contributed by atoms with Crippen molar-refractivity contribution in [2.75, 3.05) is 0 Å². The molecule has 0 aromatic heterocycles. The maximum Gasteiger partial charge on any atom is 0.331 e. The van der Waals surface area contributed by atoms with E-state index in [-0.39, 0.29) is 0 Å². The summed E-state index contributed by atoms with van der Waals surface area (Å²) in [7, 11) is 0. The van der Waals surface area contributed by atoms with Crippen molar-refractivity contribution in [2.45, 2.75) is 78.2 Å². The Bertz CT molecular complexity index is 419. The van der Waals surface area contributed by atoms with Gasteiger partial charge in [-0.15, -0.1) is 0 Å². The number of carboxylic acid groups (broad SMARTS) is 1. The minimum Gasteiger partial charge on any atom is -0.478 e. The fraction of sp³-hybridized carbons (Fsp3) is 0.789. The lowest BCUT2D eigenvalue weighted by Crippen LogP contribution is -2.35. The zero-order valence-corrected chi connectivity index (χ0v) is 15.0. The topological polar surface area (TPSA) is 63.6 Å². The fourth-order valence-corrected chi connectivity index (χ4v) is 3.81. The fourth-order valence-electron chi connectivity index (χ4n) is 3.81. The van der Waals surface area contributed by atoms with Gasteiger partial charge in [-0.3, -0.25) is 0 Å². The van der Waals surface area contributed by atoms with E-state index in [1.165, 1.54) is 25.7 Å². The van der Waals surface area contributed by atoms with Crippen molar-refractivity contribution in [1.29, 1.82) is 0 Å². The van der Waals surface area contributed by atoms with Gasteiger partial charge < -0.3 is 9.84 Å². The molecule has 23 heavy (non-hydrogen) atoms. The highest BCUT2D eigenvalue weighted by molar-refractivity contribution is 5.90. The second-order valence-corrected chi connectivity index (χ2v) is 7.52. The molecule has 0 aromatic carbocycles. The van der Waals surface area contributed by atoms with Crippen LogP contribution < -0.4 is 0 Å².